The van der Waals surface area contributed by atoms with Gasteiger partial charge in [-0.1, -0.05) is 56.3 Å². The molecule has 0 bridgehead atoms. The summed E-state index contributed by atoms with van der Waals surface area (Å²) in [5.74, 6) is 1.04. The highest BCUT2D eigenvalue weighted by Gasteiger charge is 2.08. The number of carbonyl (C=O) groups excluding carboxylic acids is 1. The highest BCUT2D eigenvalue weighted by Crippen LogP contribution is 2.15. The molecule has 2 rings (SSSR count). The van der Waals surface area contributed by atoms with E-state index in [9.17, 15) is 10.1 Å². The van der Waals surface area contributed by atoms with E-state index in [4.69, 9.17) is 4.74 Å². The highest BCUT2D eigenvalue weighted by atomic mass is 16.5. The van der Waals surface area contributed by atoms with Crippen molar-refractivity contribution in [3.05, 3.63) is 71.3 Å². The zero-order chi connectivity index (χ0) is 19.5. The molecule has 0 aromatic heterocycles. The second-order valence-corrected chi connectivity index (χ2v) is 6.76. The van der Waals surface area contributed by atoms with Gasteiger partial charge in [0.2, 0.25) is 0 Å². The average Bonchev–Trinajstić information content (AvgIpc) is 2.67. The van der Waals surface area contributed by atoms with Gasteiger partial charge in [0.25, 0.3) is 5.91 Å². The number of rotatable bonds is 9. The van der Waals surface area contributed by atoms with Crippen LogP contribution in [0.1, 0.15) is 31.4 Å². The van der Waals surface area contributed by atoms with Gasteiger partial charge in [-0.15, -0.1) is 0 Å². The monoisotopic (exact) mass is 362 g/mol. The van der Waals surface area contributed by atoms with Crippen molar-refractivity contribution in [1.29, 1.82) is 5.26 Å². The number of nitrogens with one attached hydrogen (secondary N) is 1. The van der Waals surface area contributed by atoms with Crippen molar-refractivity contribution in [1.82, 2.24) is 5.32 Å². The number of ether oxygens (including phenoxy) is 1. The van der Waals surface area contributed by atoms with Crippen molar-refractivity contribution in [2.45, 2.75) is 26.7 Å². The maximum atomic E-state index is 12.2. The summed E-state index contributed by atoms with van der Waals surface area (Å²) in [4.78, 5) is 12.2. The quantitative estimate of drug-likeness (QED) is 0.532. The molecule has 0 radical (unpaired) electrons. The maximum Gasteiger partial charge on any atom is 0.261 e. The maximum absolute atomic E-state index is 12.2. The summed E-state index contributed by atoms with van der Waals surface area (Å²) in [6, 6.07) is 19.3. The molecule has 1 N–H and O–H groups in total. The van der Waals surface area contributed by atoms with Crippen LogP contribution < -0.4 is 10.1 Å². The van der Waals surface area contributed by atoms with Gasteiger partial charge in [0.15, 0.2) is 0 Å². The molecular weight excluding hydrogens is 336 g/mol. The van der Waals surface area contributed by atoms with Crippen molar-refractivity contribution in [3.63, 3.8) is 0 Å². The van der Waals surface area contributed by atoms with Crippen LogP contribution in [0.25, 0.3) is 6.08 Å². The van der Waals surface area contributed by atoms with Crippen LogP contribution in [0.2, 0.25) is 0 Å². The molecule has 0 spiro atoms. The van der Waals surface area contributed by atoms with Crippen LogP contribution in [0.4, 0.5) is 0 Å². The van der Waals surface area contributed by atoms with Gasteiger partial charge in [0.05, 0.1) is 6.61 Å². The van der Waals surface area contributed by atoms with Gasteiger partial charge in [-0.3, -0.25) is 4.79 Å². The van der Waals surface area contributed by atoms with E-state index in [1.54, 1.807) is 6.08 Å². The van der Waals surface area contributed by atoms with Crippen molar-refractivity contribution in [2.75, 3.05) is 13.2 Å². The summed E-state index contributed by atoms with van der Waals surface area (Å²) >= 11 is 0. The molecule has 0 aliphatic carbocycles. The Morgan fingerprint density at radius 3 is 2.48 bits per heavy atom. The molecule has 27 heavy (non-hydrogen) atoms. The third-order valence-electron chi connectivity index (χ3n) is 4.06. The minimum Gasteiger partial charge on any atom is -0.494 e. The number of amides is 1. The summed E-state index contributed by atoms with van der Waals surface area (Å²) in [5.41, 5.74) is 2.03. The molecule has 1 amide bonds. The van der Waals surface area contributed by atoms with E-state index in [0.29, 0.717) is 19.1 Å². The Hall–Kier alpha value is -3.06. The van der Waals surface area contributed by atoms with E-state index in [2.05, 4.69) is 19.2 Å². The van der Waals surface area contributed by atoms with Crippen LogP contribution in [-0.4, -0.2) is 19.1 Å². The third kappa shape index (κ3) is 7.37. The van der Waals surface area contributed by atoms with Gasteiger partial charge < -0.3 is 10.1 Å². The summed E-state index contributed by atoms with van der Waals surface area (Å²) in [6.45, 7) is 5.49. The number of hydrogen-bond acceptors (Lipinski definition) is 3. The molecule has 140 valence electrons. The van der Waals surface area contributed by atoms with Crippen LogP contribution in [0, 0.1) is 17.2 Å². The first-order valence-electron chi connectivity index (χ1n) is 9.25. The smallest absolute Gasteiger partial charge is 0.261 e. The highest BCUT2D eigenvalue weighted by molar-refractivity contribution is 6.01. The normalized spacial score (nSPS) is 11.1. The first kappa shape index (κ1) is 20.3. The van der Waals surface area contributed by atoms with Crippen LogP contribution in [0.15, 0.2) is 60.2 Å². The molecule has 4 heteroatoms. The van der Waals surface area contributed by atoms with E-state index in [-0.39, 0.29) is 11.5 Å². The Labute approximate surface area is 161 Å². The minimum absolute atomic E-state index is 0.0940. The Balaban J connectivity index is 1.88. The summed E-state index contributed by atoms with van der Waals surface area (Å²) in [6.07, 6.45) is 3.33. The van der Waals surface area contributed by atoms with Crippen LogP contribution in [0.3, 0.4) is 0 Å². The van der Waals surface area contributed by atoms with E-state index in [1.165, 1.54) is 0 Å². The Morgan fingerprint density at radius 1 is 1.15 bits per heavy atom. The second-order valence-electron chi connectivity index (χ2n) is 6.76. The van der Waals surface area contributed by atoms with Crippen LogP contribution in [-0.2, 0) is 11.2 Å². The van der Waals surface area contributed by atoms with Crippen molar-refractivity contribution < 1.29 is 9.53 Å². The number of hydrogen-bond donors (Lipinski definition) is 1. The fourth-order valence-electron chi connectivity index (χ4n) is 2.45. The fourth-order valence-corrected chi connectivity index (χ4v) is 2.45. The first-order chi connectivity index (χ1) is 13.1. The van der Waals surface area contributed by atoms with Gasteiger partial charge >= 0.3 is 0 Å². The standard InChI is InChI=1S/C23H26N2O2/c1-18(2)13-15-27-22-10-8-20(9-11-22)16-21(17-24)23(26)25-14-12-19-6-4-3-5-7-19/h3-11,16,18H,12-15H2,1-2H3,(H,25,26). The van der Waals surface area contributed by atoms with Crippen LogP contribution in [0.5, 0.6) is 5.75 Å². The molecule has 0 saturated heterocycles. The molecular formula is C23H26N2O2. The van der Waals surface area contributed by atoms with Crippen molar-refractivity contribution >= 4 is 12.0 Å². The second kappa shape index (κ2) is 10.8. The first-order valence-corrected chi connectivity index (χ1v) is 9.25. The molecule has 0 aliphatic rings. The van der Waals surface area contributed by atoms with Gasteiger partial charge in [-0.25, -0.2) is 0 Å². The molecule has 2 aromatic carbocycles. The number of benzene rings is 2. The molecule has 0 unspecified atom stereocenters. The fraction of sp³-hybridized carbons (Fsp3) is 0.304. The SMILES string of the molecule is CC(C)CCOc1ccc(C=C(C#N)C(=O)NCCc2ccccc2)cc1. The number of nitriles is 1. The van der Waals surface area contributed by atoms with E-state index in [0.717, 1.165) is 29.7 Å². The Bertz CT molecular complexity index is 787. The van der Waals surface area contributed by atoms with Gasteiger partial charge in [0.1, 0.15) is 17.4 Å². The lowest BCUT2D eigenvalue weighted by Gasteiger charge is -2.08. The van der Waals surface area contributed by atoms with Crippen molar-refractivity contribution in [2.24, 2.45) is 5.92 Å². The lowest BCUT2D eigenvalue weighted by atomic mass is 10.1. The molecule has 0 fully saturated rings. The predicted molar refractivity (Wildman–Crippen MR) is 108 cm³/mol. The molecule has 0 atom stereocenters. The van der Waals surface area contributed by atoms with Gasteiger partial charge in [0, 0.05) is 6.54 Å². The predicted octanol–water partition coefficient (Wildman–Crippen LogP) is 4.38. The molecule has 0 heterocycles. The largest absolute Gasteiger partial charge is 0.494 e. The zero-order valence-corrected chi connectivity index (χ0v) is 15.9. The summed E-state index contributed by atoms with van der Waals surface area (Å²) in [7, 11) is 0. The van der Waals surface area contributed by atoms with Crippen molar-refractivity contribution in [3.8, 4) is 11.8 Å². The Morgan fingerprint density at radius 2 is 1.85 bits per heavy atom. The van der Waals surface area contributed by atoms with E-state index < -0.39 is 0 Å². The van der Waals surface area contributed by atoms with E-state index in [1.807, 2.05) is 60.7 Å². The van der Waals surface area contributed by atoms with Gasteiger partial charge in [-0.2, -0.15) is 5.26 Å². The lowest BCUT2D eigenvalue weighted by Crippen LogP contribution is -2.26. The number of carbonyl (C=O) groups is 1. The Kier molecular flexibility index (Phi) is 8.12. The third-order valence-corrected chi connectivity index (χ3v) is 4.06. The topological polar surface area (TPSA) is 62.1 Å². The molecule has 2 aromatic rings. The molecule has 4 nitrogen and oxygen atoms in total. The lowest BCUT2D eigenvalue weighted by molar-refractivity contribution is -0.117. The average molecular weight is 362 g/mol. The van der Waals surface area contributed by atoms with E-state index >= 15 is 0 Å². The summed E-state index contributed by atoms with van der Waals surface area (Å²) in [5, 5.41) is 12.1. The number of nitrogens with zero attached hydrogens (tertiary/aromatic N) is 1. The molecule has 0 saturated carbocycles. The van der Waals surface area contributed by atoms with Crippen LogP contribution >= 0.6 is 0 Å². The van der Waals surface area contributed by atoms with Gasteiger partial charge in [-0.05, 0) is 48.1 Å². The molecule has 0 aliphatic heterocycles. The zero-order valence-electron chi connectivity index (χ0n) is 15.9. The summed E-state index contributed by atoms with van der Waals surface area (Å²) < 4.78 is 5.68. The minimum atomic E-state index is -0.356.